The van der Waals surface area contributed by atoms with Gasteiger partial charge in [-0.1, -0.05) is 25.4 Å². The molecule has 0 aliphatic carbocycles. The summed E-state index contributed by atoms with van der Waals surface area (Å²) in [5.74, 6) is 0.128. The van der Waals surface area contributed by atoms with Crippen LogP contribution in [0.15, 0.2) is 53.9 Å². The van der Waals surface area contributed by atoms with E-state index in [9.17, 15) is 9.59 Å². The summed E-state index contributed by atoms with van der Waals surface area (Å²) >= 11 is 7.37. The molecule has 0 unspecified atom stereocenters. The number of hydrogen-bond donors (Lipinski definition) is 1. The number of ether oxygens (including phenoxy) is 1. The molecular weight excluding hydrogens is 396 g/mol. The Morgan fingerprint density at radius 2 is 1.79 bits per heavy atom. The number of rotatable bonds is 6. The highest BCUT2D eigenvalue weighted by Crippen LogP contribution is 2.21. The molecule has 1 aromatic heterocycles. The van der Waals surface area contributed by atoms with Gasteiger partial charge >= 0.3 is 5.97 Å². The summed E-state index contributed by atoms with van der Waals surface area (Å²) in [4.78, 5) is 28.7. The van der Waals surface area contributed by atoms with Crippen LogP contribution in [0.3, 0.4) is 0 Å². The average molecular weight is 415 g/mol. The molecule has 7 heteroatoms. The molecule has 28 heavy (non-hydrogen) atoms. The van der Waals surface area contributed by atoms with Crippen molar-refractivity contribution in [2.24, 2.45) is 0 Å². The fourth-order valence-corrected chi connectivity index (χ4v) is 3.36. The molecular formula is C21H19ClN2O3S. The molecule has 3 rings (SSSR count). The Morgan fingerprint density at radius 1 is 1.11 bits per heavy atom. The van der Waals surface area contributed by atoms with E-state index in [-0.39, 0.29) is 18.3 Å². The van der Waals surface area contributed by atoms with Gasteiger partial charge in [-0.3, -0.25) is 9.59 Å². The van der Waals surface area contributed by atoms with Gasteiger partial charge in [-0.05, 0) is 48.5 Å². The smallest absolute Gasteiger partial charge is 0.317 e. The van der Waals surface area contributed by atoms with Gasteiger partial charge in [0, 0.05) is 27.6 Å². The van der Waals surface area contributed by atoms with Crippen molar-refractivity contribution >= 4 is 40.5 Å². The minimum Gasteiger partial charge on any atom is -0.426 e. The van der Waals surface area contributed by atoms with Crippen molar-refractivity contribution in [1.82, 2.24) is 4.98 Å². The zero-order valence-corrected chi connectivity index (χ0v) is 17.0. The molecule has 0 aliphatic rings. The van der Waals surface area contributed by atoms with Crippen molar-refractivity contribution in [3.63, 3.8) is 0 Å². The lowest BCUT2D eigenvalue weighted by atomic mass is 10.2. The van der Waals surface area contributed by atoms with Gasteiger partial charge in [0.2, 0.25) is 0 Å². The molecule has 0 bridgehead atoms. The molecule has 0 radical (unpaired) electrons. The Kier molecular flexibility index (Phi) is 6.44. The number of hydrogen-bond acceptors (Lipinski definition) is 5. The Labute approximate surface area is 172 Å². The van der Waals surface area contributed by atoms with Gasteiger partial charge < -0.3 is 10.1 Å². The lowest BCUT2D eigenvalue weighted by Crippen LogP contribution is -2.13. The summed E-state index contributed by atoms with van der Waals surface area (Å²) in [6, 6.07) is 13.2. The molecule has 0 aliphatic heterocycles. The largest absolute Gasteiger partial charge is 0.426 e. The summed E-state index contributed by atoms with van der Waals surface area (Å²) in [5, 5.41) is 6.23. The zero-order chi connectivity index (χ0) is 20.1. The van der Waals surface area contributed by atoms with Crippen LogP contribution in [0, 0.1) is 0 Å². The van der Waals surface area contributed by atoms with E-state index in [0.717, 1.165) is 5.01 Å². The molecule has 0 saturated carbocycles. The fourth-order valence-electron chi connectivity index (χ4n) is 2.40. The van der Waals surface area contributed by atoms with Gasteiger partial charge in [0.15, 0.2) is 0 Å². The van der Waals surface area contributed by atoms with Crippen LogP contribution < -0.4 is 10.1 Å². The Morgan fingerprint density at radius 3 is 2.39 bits per heavy atom. The molecule has 1 heterocycles. The van der Waals surface area contributed by atoms with E-state index < -0.39 is 0 Å². The van der Waals surface area contributed by atoms with Crippen LogP contribution >= 0.6 is 22.9 Å². The van der Waals surface area contributed by atoms with Crippen LogP contribution in [0.4, 0.5) is 5.69 Å². The number of nitrogens with one attached hydrogen (secondary N) is 1. The fraction of sp³-hybridized carbons (Fsp3) is 0.190. The number of carbonyl (C=O) groups excluding carboxylic acids is 2. The molecule has 1 amide bonds. The number of thiazole rings is 1. The van der Waals surface area contributed by atoms with Crippen molar-refractivity contribution in [1.29, 1.82) is 0 Å². The van der Waals surface area contributed by atoms with Crippen molar-refractivity contribution in [2.45, 2.75) is 26.2 Å². The lowest BCUT2D eigenvalue weighted by Gasteiger charge is -2.07. The number of carbonyl (C=O) groups is 2. The normalized spacial score (nSPS) is 10.7. The first-order chi connectivity index (χ1) is 13.4. The van der Waals surface area contributed by atoms with Gasteiger partial charge in [0.25, 0.3) is 5.91 Å². The third kappa shape index (κ3) is 5.41. The summed E-state index contributed by atoms with van der Waals surface area (Å²) in [7, 11) is 0. The Hall–Kier alpha value is -2.70. The first kappa shape index (κ1) is 20.0. The monoisotopic (exact) mass is 414 g/mol. The first-order valence-corrected chi connectivity index (χ1v) is 9.98. The van der Waals surface area contributed by atoms with E-state index in [1.807, 2.05) is 5.38 Å². The number of esters is 1. The molecule has 0 saturated heterocycles. The highest BCUT2D eigenvalue weighted by atomic mass is 35.5. The van der Waals surface area contributed by atoms with Crippen LogP contribution in [0.5, 0.6) is 5.75 Å². The van der Waals surface area contributed by atoms with Gasteiger partial charge in [-0.25, -0.2) is 4.98 Å². The number of aromatic nitrogens is 1. The van der Waals surface area contributed by atoms with E-state index in [0.29, 0.717) is 33.6 Å². The van der Waals surface area contributed by atoms with E-state index in [4.69, 9.17) is 16.3 Å². The highest BCUT2D eigenvalue weighted by Gasteiger charge is 2.12. The summed E-state index contributed by atoms with van der Waals surface area (Å²) in [5.41, 5.74) is 1.82. The van der Waals surface area contributed by atoms with E-state index in [1.54, 1.807) is 59.9 Å². The van der Waals surface area contributed by atoms with Crippen molar-refractivity contribution in [2.75, 3.05) is 5.32 Å². The number of nitrogens with zero attached hydrogens (tertiary/aromatic N) is 1. The molecule has 0 spiro atoms. The van der Waals surface area contributed by atoms with Gasteiger partial charge in [-0.15, -0.1) is 11.3 Å². The molecule has 2 aromatic carbocycles. The van der Waals surface area contributed by atoms with Gasteiger partial charge in [0.05, 0.1) is 17.1 Å². The maximum atomic E-state index is 12.2. The second-order valence-corrected chi connectivity index (χ2v) is 7.79. The van der Waals surface area contributed by atoms with E-state index >= 15 is 0 Å². The topological polar surface area (TPSA) is 68.3 Å². The molecule has 3 aromatic rings. The van der Waals surface area contributed by atoms with Crippen molar-refractivity contribution in [3.05, 3.63) is 75.2 Å². The predicted octanol–water partition coefficient (Wildman–Crippen LogP) is 5.32. The number of amides is 1. The summed E-state index contributed by atoms with van der Waals surface area (Å²) in [6.07, 6.45) is 0.123. The van der Waals surface area contributed by atoms with Crippen LogP contribution in [0.2, 0.25) is 5.02 Å². The van der Waals surface area contributed by atoms with Crippen LogP contribution in [0.1, 0.15) is 40.8 Å². The molecule has 0 fully saturated rings. The molecule has 5 nitrogen and oxygen atoms in total. The summed E-state index contributed by atoms with van der Waals surface area (Å²) in [6.45, 7) is 4.13. The van der Waals surface area contributed by atoms with E-state index in [1.165, 1.54) is 0 Å². The highest BCUT2D eigenvalue weighted by molar-refractivity contribution is 7.09. The minimum absolute atomic E-state index is 0.123. The number of benzene rings is 2. The second kappa shape index (κ2) is 8.99. The summed E-state index contributed by atoms with van der Waals surface area (Å²) < 4.78 is 5.34. The lowest BCUT2D eigenvalue weighted by molar-refractivity contribution is -0.133. The standard InChI is InChI=1S/C21H19ClN2O3S/c1-13(2)21-24-17(12-28-21)11-19(25)27-18-9-7-16(8-10-18)23-20(26)14-3-5-15(22)6-4-14/h3-10,12-13H,11H2,1-2H3,(H,23,26). The Balaban J connectivity index is 1.55. The number of anilines is 1. The third-order valence-corrected chi connectivity index (χ3v) is 5.29. The maximum Gasteiger partial charge on any atom is 0.317 e. The Bertz CT molecular complexity index is 966. The average Bonchev–Trinajstić information content (AvgIpc) is 3.12. The van der Waals surface area contributed by atoms with Crippen LogP contribution in [0.25, 0.3) is 0 Å². The van der Waals surface area contributed by atoms with Crippen LogP contribution in [-0.4, -0.2) is 16.9 Å². The van der Waals surface area contributed by atoms with Crippen molar-refractivity contribution < 1.29 is 14.3 Å². The molecule has 144 valence electrons. The quantitative estimate of drug-likeness (QED) is 0.437. The number of halogens is 1. The SMILES string of the molecule is CC(C)c1nc(CC(=O)Oc2ccc(NC(=O)c3ccc(Cl)cc3)cc2)cs1. The maximum absolute atomic E-state index is 12.2. The predicted molar refractivity (Wildman–Crippen MR) is 111 cm³/mol. The van der Waals surface area contributed by atoms with Crippen molar-refractivity contribution in [3.8, 4) is 5.75 Å². The molecule has 0 atom stereocenters. The first-order valence-electron chi connectivity index (χ1n) is 8.72. The van der Waals surface area contributed by atoms with Gasteiger partial charge in [-0.2, -0.15) is 0 Å². The minimum atomic E-state index is -0.376. The zero-order valence-electron chi connectivity index (χ0n) is 15.4. The van der Waals surface area contributed by atoms with E-state index in [2.05, 4.69) is 24.1 Å². The van der Waals surface area contributed by atoms with Crippen LogP contribution in [-0.2, 0) is 11.2 Å². The van der Waals surface area contributed by atoms with Gasteiger partial charge in [0.1, 0.15) is 5.75 Å². The second-order valence-electron chi connectivity index (χ2n) is 6.47. The third-order valence-electron chi connectivity index (χ3n) is 3.84. The molecule has 1 N–H and O–H groups in total.